The standard InChI is InChI=1S/C13H19Br2NO/c1-5-8(2)9(3)16-12-7-13(17-4)11(15)6-10(12)14/h6-9,16H,5H2,1-4H3. The number of benzene rings is 1. The smallest absolute Gasteiger partial charge is 0.135 e. The Hall–Kier alpha value is -0.220. The van der Waals surface area contributed by atoms with Gasteiger partial charge in [0.15, 0.2) is 0 Å². The van der Waals surface area contributed by atoms with Crippen LogP contribution < -0.4 is 10.1 Å². The second kappa shape index (κ2) is 6.64. The van der Waals surface area contributed by atoms with E-state index in [1.165, 1.54) is 6.42 Å². The molecule has 2 atom stereocenters. The summed E-state index contributed by atoms with van der Waals surface area (Å²) in [6, 6.07) is 4.44. The molecule has 0 aliphatic carbocycles. The molecule has 0 spiro atoms. The molecule has 0 aliphatic heterocycles. The highest BCUT2D eigenvalue weighted by Gasteiger charge is 2.13. The van der Waals surface area contributed by atoms with Gasteiger partial charge in [-0.3, -0.25) is 0 Å². The Bertz CT molecular complexity index is 382. The summed E-state index contributed by atoms with van der Waals surface area (Å²) in [5.74, 6) is 1.48. The predicted octanol–water partition coefficient (Wildman–Crippen LogP) is 5.07. The maximum atomic E-state index is 5.30. The fraction of sp³-hybridized carbons (Fsp3) is 0.538. The zero-order valence-corrected chi connectivity index (χ0v) is 13.9. The molecule has 2 unspecified atom stereocenters. The molecule has 96 valence electrons. The van der Waals surface area contributed by atoms with Crippen molar-refractivity contribution >= 4 is 37.5 Å². The van der Waals surface area contributed by atoms with Crippen LogP contribution in [0.1, 0.15) is 27.2 Å². The van der Waals surface area contributed by atoms with Crippen LogP contribution in [0, 0.1) is 5.92 Å². The first-order chi connectivity index (χ1) is 7.99. The van der Waals surface area contributed by atoms with E-state index in [1.54, 1.807) is 7.11 Å². The molecule has 1 aromatic carbocycles. The molecule has 2 nitrogen and oxygen atoms in total. The van der Waals surface area contributed by atoms with Crippen molar-refractivity contribution in [1.29, 1.82) is 0 Å². The minimum absolute atomic E-state index is 0.433. The fourth-order valence-corrected chi connectivity index (χ4v) is 2.81. The molecule has 1 N–H and O–H groups in total. The minimum atomic E-state index is 0.433. The highest BCUT2D eigenvalue weighted by Crippen LogP contribution is 2.35. The Labute approximate surface area is 120 Å². The van der Waals surface area contributed by atoms with E-state index in [1.807, 2.05) is 12.1 Å². The van der Waals surface area contributed by atoms with Crippen LogP contribution in [-0.4, -0.2) is 13.2 Å². The largest absolute Gasteiger partial charge is 0.495 e. The van der Waals surface area contributed by atoms with E-state index in [4.69, 9.17) is 4.74 Å². The predicted molar refractivity (Wildman–Crippen MR) is 80.9 cm³/mol. The Balaban J connectivity index is 2.91. The molecule has 17 heavy (non-hydrogen) atoms. The van der Waals surface area contributed by atoms with Crippen molar-refractivity contribution in [1.82, 2.24) is 0 Å². The molecular weight excluding hydrogens is 346 g/mol. The van der Waals surface area contributed by atoms with Crippen molar-refractivity contribution in [2.75, 3.05) is 12.4 Å². The topological polar surface area (TPSA) is 21.3 Å². The number of rotatable bonds is 5. The van der Waals surface area contributed by atoms with Crippen LogP contribution in [0.5, 0.6) is 5.75 Å². The van der Waals surface area contributed by atoms with Crippen LogP contribution in [0.3, 0.4) is 0 Å². The summed E-state index contributed by atoms with van der Waals surface area (Å²) in [6.45, 7) is 6.66. The molecule has 0 aromatic heterocycles. The van der Waals surface area contributed by atoms with Gasteiger partial charge in [0.25, 0.3) is 0 Å². The van der Waals surface area contributed by atoms with E-state index in [9.17, 15) is 0 Å². The van der Waals surface area contributed by atoms with Crippen LogP contribution in [0.2, 0.25) is 0 Å². The summed E-state index contributed by atoms with van der Waals surface area (Å²) in [5.41, 5.74) is 1.07. The highest BCUT2D eigenvalue weighted by molar-refractivity contribution is 9.11. The zero-order valence-electron chi connectivity index (χ0n) is 10.7. The molecule has 0 saturated heterocycles. The molecule has 0 bridgehead atoms. The molecule has 4 heteroatoms. The molecule has 0 saturated carbocycles. The van der Waals surface area contributed by atoms with Gasteiger partial charge in [-0.15, -0.1) is 0 Å². The Morgan fingerprint density at radius 2 is 1.88 bits per heavy atom. The van der Waals surface area contributed by atoms with Crippen molar-refractivity contribution in [2.45, 2.75) is 33.2 Å². The summed E-state index contributed by atoms with van der Waals surface area (Å²) >= 11 is 7.03. The lowest BCUT2D eigenvalue weighted by molar-refractivity contribution is 0.412. The molecule has 0 fully saturated rings. The molecular formula is C13H19Br2NO. The van der Waals surface area contributed by atoms with Gasteiger partial charge in [-0.05, 0) is 50.8 Å². The second-order valence-electron chi connectivity index (χ2n) is 4.29. The van der Waals surface area contributed by atoms with Crippen LogP contribution in [0.4, 0.5) is 5.69 Å². The average molecular weight is 365 g/mol. The first-order valence-corrected chi connectivity index (χ1v) is 7.37. The van der Waals surface area contributed by atoms with Crippen molar-refractivity contribution in [2.24, 2.45) is 5.92 Å². The van der Waals surface area contributed by atoms with Crippen LogP contribution in [-0.2, 0) is 0 Å². The monoisotopic (exact) mass is 363 g/mol. The van der Waals surface area contributed by atoms with Crippen molar-refractivity contribution in [3.63, 3.8) is 0 Å². The SMILES string of the molecule is CCC(C)C(C)Nc1cc(OC)c(Br)cc1Br. The third-order valence-electron chi connectivity index (χ3n) is 3.12. The van der Waals surface area contributed by atoms with Gasteiger partial charge >= 0.3 is 0 Å². The summed E-state index contributed by atoms with van der Waals surface area (Å²) in [7, 11) is 1.68. The number of methoxy groups -OCH3 is 1. The third kappa shape index (κ3) is 3.88. The third-order valence-corrected chi connectivity index (χ3v) is 4.40. The zero-order chi connectivity index (χ0) is 13.0. The van der Waals surface area contributed by atoms with Crippen LogP contribution in [0.25, 0.3) is 0 Å². The normalized spacial score (nSPS) is 14.2. The quantitative estimate of drug-likeness (QED) is 0.787. The van der Waals surface area contributed by atoms with Gasteiger partial charge in [0.2, 0.25) is 0 Å². The molecule has 0 amide bonds. The Kier molecular flexibility index (Phi) is 5.80. The maximum absolute atomic E-state index is 5.30. The Morgan fingerprint density at radius 1 is 1.24 bits per heavy atom. The van der Waals surface area contributed by atoms with E-state index in [-0.39, 0.29) is 0 Å². The first kappa shape index (κ1) is 14.8. The number of ether oxygens (including phenoxy) is 1. The van der Waals surface area contributed by atoms with Gasteiger partial charge in [-0.2, -0.15) is 0 Å². The number of nitrogens with one attached hydrogen (secondary N) is 1. The molecule has 0 heterocycles. The summed E-state index contributed by atoms with van der Waals surface area (Å²) in [5, 5.41) is 3.52. The van der Waals surface area contributed by atoms with E-state index >= 15 is 0 Å². The molecule has 1 aromatic rings. The van der Waals surface area contributed by atoms with Gasteiger partial charge in [-0.1, -0.05) is 20.3 Å². The first-order valence-electron chi connectivity index (χ1n) is 5.79. The lowest BCUT2D eigenvalue weighted by atomic mass is 10.0. The number of hydrogen-bond donors (Lipinski definition) is 1. The van der Waals surface area contributed by atoms with E-state index < -0.39 is 0 Å². The maximum Gasteiger partial charge on any atom is 0.135 e. The molecule has 0 radical (unpaired) electrons. The van der Waals surface area contributed by atoms with E-state index in [0.717, 1.165) is 20.4 Å². The lowest BCUT2D eigenvalue weighted by Crippen LogP contribution is -2.23. The minimum Gasteiger partial charge on any atom is -0.495 e. The Morgan fingerprint density at radius 3 is 2.41 bits per heavy atom. The molecule has 0 aliphatic rings. The number of anilines is 1. The number of halogens is 2. The summed E-state index contributed by atoms with van der Waals surface area (Å²) in [6.07, 6.45) is 1.17. The van der Waals surface area contributed by atoms with E-state index in [0.29, 0.717) is 12.0 Å². The van der Waals surface area contributed by atoms with Crippen molar-refractivity contribution in [3.05, 3.63) is 21.1 Å². The fourth-order valence-electron chi connectivity index (χ4n) is 1.54. The second-order valence-corrected chi connectivity index (χ2v) is 5.99. The van der Waals surface area contributed by atoms with Gasteiger partial charge in [0, 0.05) is 16.6 Å². The highest BCUT2D eigenvalue weighted by atomic mass is 79.9. The van der Waals surface area contributed by atoms with Crippen LogP contribution >= 0.6 is 31.9 Å². The number of hydrogen-bond acceptors (Lipinski definition) is 2. The average Bonchev–Trinajstić information content (AvgIpc) is 2.31. The summed E-state index contributed by atoms with van der Waals surface area (Å²) < 4.78 is 7.30. The van der Waals surface area contributed by atoms with Gasteiger partial charge in [0.05, 0.1) is 17.3 Å². The van der Waals surface area contributed by atoms with Crippen molar-refractivity contribution in [3.8, 4) is 5.75 Å². The van der Waals surface area contributed by atoms with Crippen molar-refractivity contribution < 1.29 is 4.74 Å². The molecule has 1 rings (SSSR count). The lowest BCUT2D eigenvalue weighted by Gasteiger charge is -2.22. The van der Waals surface area contributed by atoms with Gasteiger partial charge < -0.3 is 10.1 Å². The van der Waals surface area contributed by atoms with Gasteiger partial charge in [0.1, 0.15) is 5.75 Å². The summed E-state index contributed by atoms with van der Waals surface area (Å²) in [4.78, 5) is 0. The van der Waals surface area contributed by atoms with E-state index in [2.05, 4.69) is 57.9 Å². The van der Waals surface area contributed by atoms with Crippen LogP contribution in [0.15, 0.2) is 21.1 Å². The van der Waals surface area contributed by atoms with Gasteiger partial charge in [-0.25, -0.2) is 0 Å².